The molecule has 7 nitrogen and oxygen atoms in total. The van der Waals surface area contributed by atoms with Gasteiger partial charge in [-0.25, -0.2) is 4.90 Å². The van der Waals surface area contributed by atoms with E-state index >= 15 is 0 Å². The van der Waals surface area contributed by atoms with Gasteiger partial charge in [-0.05, 0) is 55.9 Å². The first-order chi connectivity index (χ1) is 23.5. The molecule has 4 amide bonds. The molecule has 1 aromatic carbocycles. The second-order valence-corrected chi connectivity index (χ2v) is 15.5. The monoisotopic (exact) mass is 695 g/mol. The smallest absolute Gasteiger partial charge is 0.258 e. The number of nitrogens with one attached hydrogen (secondary N) is 2. The van der Waals surface area contributed by atoms with Gasteiger partial charge in [0.25, 0.3) is 17.7 Å². The molecular formula is C39H57N3O4S2. The van der Waals surface area contributed by atoms with Crippen LogP contribution >= 0.6 is 21.6 Å². The number of imide groups is 1. The van der Waals surface area contributed by atoms with Gasteiger partial charge in [-0.3, -0.25) is 19.2 Å². The van der Waals surface area contributed by atoms with E-state index in [0.717, 1.165) is 30.6 Å². The van der Waals surface area contributed by atoms with Crippen LogP contribution in [-0.2, 0) is 14.4 Å². The lowest BCUT2D eigenvalue weighted by molar-refractivity contribution is -0.121. The van der Waals surface area contributed by atoms with Gasteiger partial charge in [0.1, 0.15) is 0 Å². The zero-order valence-corrected chi connectivity index (χ0v) is 30.5. The van der Waals surface area contributed by atoms with Crippen LogP contribution < -0.4 is 15.5 Å². The average molecular weight is 696 g/mol. The number of hydrogen-bond acceptors (Lipinski definition) is 6. The van der Waals surface area contributed by atoms with Crippen molar-refractivity contribution in [2.45, 2.75) is 122 Å². The lowest BCUT2D eigenvalue weighted by Crippen LogP contribution is -2.30. The third-order valence-corrected chi connectivity index (χ3v) is 11.3. The molecule has 9 heteroatoms. The predicted octanol–water partition coefficient (Wildman–Crippen LogP) is 9.25. The number of nitrogens with zero attached hydrogens (tertiary/aromatic N) is 1. The largest absolute Gasteiger partial charge is 0.352 e. The van der Waals surface area contributed by atoms with E-state index in [9.17, 15) is 19.2 Å². The Kier molecular flexibility index (Phi) is 20.8. The molecule has 0 saturated heterocycles. The number of hydrogen-bond donors (Lipinski definition) is 2. The number of rotatable bonds is 28. The van der Waals surface area contributed by atoms with Crippen LogP contribution in [0.1, 0.15) is 132 Å². The van der Waals surface area contributed by atoms with Gasteiger partial charge in [-0.2, -0.15) is 0 Å². The van der Waals surface area contributed by atoms with E-state index in [1.165, 1.54) is 119 Å². The van der Waals surface area contributed by atoms with Crippen molar-refractivity contribution in [3.63, 3.8) is 0 Å². The minimum atomic E-state index is -0.385. The van der Waals surface area contributed by atoms with Crippen molar-refractivity contribution in [3.05, 3.63) is 65.8 Å². The molecule has 0 spiro atoms. The van der Waals surface area contributed by atoms with Crippen LogP contribution in [0.4, 0.5) is 5.69 Å². The lowest BCUT2D eigenvalue weighted by atomic mass is 10.1. The molecule has 48 heavy (non-hydrogen) atoms. The summed E-state index contributed by atoms with van der Waals surface area (Å²) in [5, 5.41) is 5.99. The molecule has 264 valence electrons. The van der Waals surface area contributed by atoms with Crippen LogP contribution in [0.3, 0.4) is 0 Å². The maximum absolute atomic E-state index is 12.5. The fourth-order valence-corrected chi connectivity index (χ4v) is 8.11. The minimum absolute atomic E-state index is 0.181. The molecule has 2 aliphatic rings. The number of benzene rings is 1. The fraction of sp³-hybridized carbons (Fsp3) is 0.590. The highest BCUT2D eigenvalue weighted by Gasteiger charge is 2.25. The Morgan fingerprint density at radius 2 is 1.25 bits per heavy atom. The normalized spacial score (nSPS) is 13.8. The van der Waals surface area contributed by atoms with E-state index in [0.29, 0.717) is 30.8 Å². The third kappa shape index (κ3) is 17.0. The van der Waals surface area contributed by atoms with E-state index in [1.807, 2.05) is 21.6 Å². The number of amides is 4. The van der Waals surface area contributed by atoms with Gasteiger partial charge in [0.15, 0.2) is 0 Å². The van der Waals surface area contributed by atoms with Gasteiger partial charge >= 0.3 is 0 Å². The molecule has 0 saturated carbocycles. The zero-order chi connectivity index (χ0) is 34.1. The van der Waals surface area contributed by atoms with Crippen LogP contribution in [0.25, 0.3) is 0 Å². The second kappa shape index (κ2) is 25.2. The molecule has 1 heterocycles. The van der Waals surface area contributed by atoms with Crippen LogP contribution in [0.15, 0.2) is 60.2 Å². The Morgan fingerprint density at radius 1 is 0.688 bits per heavy atom. The van der Waals surface area contributed by atoms with Gasteiger partial charge in [-0.1, -0.05) is 129 Å². The lowest BCUT2D eigenvalue weighted by Gasteiger charge is -2.14. The maximum atomic E-state index is 12.5. The Bertz CT molecular complexity index is 1210. The predicted molar refractivity (Wildman–Crippen MR) is 203 cm³/mol. The highest BCUT2D eigenvalue weighted by molar-refractivity contribution is 8.76. The van der Waals surface area contributed by atoms with E-state index in [-0.39, 0.29) is 23.6 Å². The molecule has 2 N–H and O–H groups in total. The van der Waals surface area contributed by atoms with Crippen LogP contribution in [0.5, 0.6) is 0 Å². The number of allylic oxidation sites excluding steroid dienone is 3. The minimum Gasteiger partial charge on any atom is -0.352 e. The third-order valence-electron chi connectivity index (χ3n) is 8.69. The maximum Gasteiger partial charge on any atom is 0.258 e. The van der Waals surface area contributed by atoms with E-state index < -0.39 is 0 Å². The average Bonchev–Trinajstić information content (AvgIpc) is 3.74. The van der Waals surface area contributed by atoms with Crippen molar-refractivity contribution in [1.82, 2.24) is 10.6 Å². The standard InChI is InChI=1S/C39H57N3O4S2/c43-36(41-32-33-21-15-16-22-33)25-14-10-6-2-5-9-13-19-30-48-47-29-18-12-8-4-1-3-7-11-17-28-40-39(46)34-23-20-24-35(31-34)42-37(44)26-27-38(42)45/h15-16,20-21,23-24,26-27,31H,1-14,17-19,22,25,28-30,32H2,(H,40,46)(H,41,43). The first-order valence-corrected chi connectivity index (χ1v) is 20.8. The SMILES string of the molecule is O=C(CCCCCCCCCCSSCCCCCCCCCCCNC(=O)c1cccc(N2C(=O)C=CC2=O)c1)NCC1=CC=CC1. The van der Waals surface area contributed by atoms with Crippen LogP contribution in [0, 0.1) is 0 Å². The molecule has 1 aromatic rings. The molecule has 0 fully saturated rings. The van der Waals surface area contributed by atoms with Crippen molar-refractivity contribution in [3.8, 4) is 0 Å². The summed E-state index contributed by atoms with van der Waals surface area (Å²) in [5.41, 5.74) is 2.17. The van der Waals surface area contributed by atoms with Crippen molar-refractivity contribution in [1.29, 1.82) is 0 Å². The summed E-state index contributed by atoms with van der Waals surface area (Å²) >= 11 is 0. The van der Waals surface area contributed by atoms with Gasteiger partial charge in [0.2, 0.25) is 5.91 Å². The quantitative estimate of drug-likeness (QED) is 0.0516. The van der Waals surface area contributed by atoms with Gasteiger partial charge in [0, 0.05) is 48.7 Å². The molecule has 1 aliphatic carbocycles. The van der Waals surface area contributed by atoms with Crippen molar-refractivity contribution in [2.75, 3.05) is 29.5 Å². The number of anilines is 1. The first-order valence-electron chi connectivity index (χ1n) is 18.3. The van der Waals surface area contributed by atoms with Crippen molar-refractivity contribution >= 4 is 50.9 Å². The molecule has 3 rings (SSSR count). The fourth-order valence-electron chi connectivity index (χ4n) is 5.82. The summed E-state index contributed by atoms with van der Waals surface area (Å²) in [6.07, 6.45) is 31.6. The molecule has 0 radical (unpaired) electrons. The molecular weight excluding hydrogens is 639 g/mol. The van der Waals surface area contributed by atoms with E-state index in [4.69, 9.17) is 0 Å². The van der Waals surface area contributed by atoms with Gasteiger partial charge in [0.05, 0.1) is 5.69 Å². The molecule has 1 aliphatic heterocycles. The Labute approximate surface area is 297 Å². The highest BCUT2D eigenvalue weighted by atomic mass is 33.1. The van der Waals surface area contributed by atoms with E-state index in [1.54, 1.807) is 24.3 Å². The van der Waals surface area contributed by atoms with Crippen LogP contribution in [-0.4, -0.2) is 48.2 Å². The van der Waals surface area contributed by atoms with E-state index in [2.05, 4.69) is 28.9 Å². The highest BCUT2D eigenvalue weighted by Crippen LogP contribution is 2.25. The second-order valence-electron chi connectivity index (χ2n) is 12.8. The number of unbranched alkanes of at least 4 members (excludes halogenated alkanes) is 15. The summed E-state index contributed by atoms with van der Waals surface area (Å²) in [7, 11) is 4.09. The molecule has 0 bridgehead atoms. The summed E-state index contributed by atoms with van der Waals surface area (Å²) in [4.78, 5) is 49.3. The van der Waals surface area contributed by atoms with Crippen molar-refractivity contribution in [2.24, 2.45) is 0 Å². The summed E-state index contributed by atoms with van der Waals surface area (Å²) in [5.74, 6) is 1.77. The summed E-state index contributed by atoms with van der Waals surface area (Å²) < 4.78 is 0. The summed E-state index contributed by atoms with van der Waals surface area (Å²) in [6.45, 7) is 1.33. The molecule has 0 unspecified atom stereocenters. The number of carbonyl (C=O) groups excluding carboxylic acids is 4. The van der Waals surface area contributed by atoms with Gasteiger partial charge in [-0.15, -0.1) is 0 Å². The Morgan fingerprint density at radius 3 is 1.83 bits per heavy atom. The summed E-state index contributed by atoms with van der Waals surface area (Å²) in [6, 6.07) is 6.63. The van der Waals surface area contributed by atoms with Crippen molar-refractivity contribution < 1.29 is 19.2 Å². The van der Waals surface area contributed by atoms with Crippen LogP contribution in [0.2, 0.25) is 0 Å². The Hall–Kier alpha value is -2.78. The first kappa shape index (κ1) is 39.7. The number of carbonyl (C=O) groups is 4. The Balaban J connectivity index is 0.989. The molecule has 0 aromatic heterocycles. The topological polar surface area (TPSA) is 95.6 Å². The zero-order valence-electron chi connectivity index (χ0n) is 28.9. The molecule has 0 atom stereocenters. The van der Waals surface area contributed by atoms with Gasteiger partial charge < -0.3 is 10.6 Å².